The lowest BCUT2D eigenvalue weighted by atomic mass is 9.86. The maximum atomic E-state index is 12.3. The molecule has 0 aliphatic heterocycles. The highest BCUT2D eigenvalue weighted by Crippen LogP contribution is 2.34. The normalized spacial score (nSPS) is 13.0. The Kier molecular flexibility index (Phi) is 4.53. The summed E-state index contributed by atoms with van der Waals surface area (Å²) in [7, 11) is 0. The second-order valence-electron chi connectivity index (χ2n) is 6.58. The predicted molar refractivity (Wildman–Crippen MR) is 93.1 cm³/mol. The number of carbonyl (C=O) groups is 1. The van der Waals surface area contributed by atoms with Crippen molar-refractivity contribution in [1.29, 1.82) is 0 Å². The molecule has 3 heterocycles. The van der Waals surface area contributed by atoms with Crippen LogP contribution < -0.4 is 10.1 Å². The molecule has 1 atom stereocenters. The molecule has 0 saturated heterocycles. The smallest absolute Gasteiger partial charge is 0.322 e. The topological polar surface area (TPSA) is 68.5 Å². The molecule has 3 rings (SSSR count). The molecule has 0 spiro atoms. The molecule has 0 fully saturated rings. The quantitative estimate of drug-likeness (QED) is 0.772. The highest BCUT2D eigenvalue weighted by atomic mass is 32.1. The molecule has 0 bridgehead atoms. The largest absolute Gasteiger partial charge is 0.453 e. The number of fused-ring (bicyclic) bond motifs is 1. The molecular formula is C17H20N4O2S. The molecule has 0 unspecified atom stereocenters. The summed E-state index contributed by atoms with van der Waals surface area (Å²) < 4.78 is 7.23. The Morgan fingerprint density at radius 2 is 2.12 bits per heavy atom. The molecule has 1 amide bonds. The standard InChI is InChI=1S/C17H20N4O2S/c1-17(2,3)15(12-7-6-10-24-12)18-14(22)11-23-16-20-19-13-8-4-5-9-21(13)16/h4-10,15H,11H2,1-3H3,(H,18,22)/t15-/m1/s1. The Hall–Kier alpha value is -2.41. The van der Waals surface area contributed by atoms with Crippen LogP contribution in [0.4, 0.5) is 0 Å². The number of aromatic nitrogens is 3. The minimum Gasteiger partial charge on any atom is -0.453 e. The molecule has 126 valence electrons. The van der Waals surface area contributed by atoms with Gasteiger partial charge in [0.2, 0.25) is 0 Å². The van der Waals surface area contributed by atoms with Crippen LogP contribution in [0.15, 0.2) is 41.9 Å². The summed E-state index contributed by atoms with van der Waals surface area (Å²) >= 11 is 1.64. The van der Waals surface area contributed by atoms with E-state index in [1.54, 1.807) is 21.9 Å². The third-order valence-electron chi connectivity index (χ3n) is 3.61. The number of carbonyl (C=O) groups excluding carboxylic acids is 1. The predicted octanol–water partition coefficient (Wildman–Crippen LogP) is 3.07. The maximum Gasteiger partial charge on any atom is 0.322 e. The number of pyridine rings is 1. The molecule has 7 heteroatoms. The van der Waals surface area contributed by atoms with E-state index >= 15 is 0 Å². The van der Waals surface area contributed by atoms with Crippen LogP contribution in [-0.2, 0) is 4.79 Å². The lowest BCUT2D eigenvalue weighted by Crippen LogP contribution is -2.38. The molecular weight excluding hydrogens is 324 g/mol. The fourth-order valence-corrected chi connectivity index (χ4v) is 3.44. The molecule has 6 nitrogen and oxygen atoms in total. The van der Waals surface area contributed by atoms with Gasteiger partial charge in [0.25, 0.3) is 5.91 Å². The van der Waals surface area contributed by atoms with Gasteiger partial charge in [-0.25, -0.2) is 0 Å². The minimum absolute atomic E-state index is 0.0660. The first-order chi connectivity index (χ1) is 11.4. The Morgan fingerprint density at radius 1 is 1.29 bits per heavy atom. The minimum atomic E-state index is -0.184. The van der Waals surface area contributed by atoms with Crippen LogP contribution in [0, 0.1) is 5.41 Å². The Morgan fingerprint density at radius 3 is 2.83 bits per heavy atom. The van der Waals surface area contributed by atoms with Crippen molar-refractivity contribution >= 4 is 22.9 Å². The van der Waals surface area contributed by atoms with Crippen molar-refractivity contribution in [1.82, 2.24) is 19.9 Å². The number of nitrogens with one attached hydrogen (secondary N) is 1. The molecule has 3 aromatic rings. The van der Waals surface area contributed by atoms with Crippen molar-refractivity contribution in [2.24, 2.45) is 5.41 Å². The number of hydrogen-bond acceptors (Lipinski definition) is 5. The van der Waals surface area contributed by atoms with Gasteiger partial charge in [-0.05, 0) is 29.0 Å². The fourth-order valence-electron chi connectivity index (χ4n) is 2.42. The lowest BCUT2D eigenvalue weighted by Gasteiger charge is -2.30. The van der Waals surface area contributed by atoms with Crippen molar-refractivity contribution in [3.8, 4) is 6.01 Å². The zero-order valence-corrected chi connectivity index (χ0v) is 14.7. The second-order valence-corrected chi connectivity index (χ2v) is 7.56. The summed E-state index contributed by atoms with van der Waals surface area (Å²) in [6.07, 6.45) is 1.80. The van der Waals surface area contributed by atoms with Gasteiger partial charge in [0, 0.05) is 11.1 Å². The summed E-state index contributed by atoms with van der Waals surface area (Å²) in [4.78, 5) is 13.5. The first kappa shape index (κ1) is 16.4. The number of ether oxygens (including phenoxy) is 1. The van der Waals surface area contributed by atoms with Crippen molar-refractivity contribution < 1.29 is 9.53 Å². The summed E-state index contributed by atoms with van der Waals surface area (Å²) in [6.45, 7) is 6.20. The van der Waals surface area contributed by atoms with Crippen LogP contribution in [0.25, 0.3) is 5.65 Å². The van der Waals surface area contributed by atoms with E-state index in [0.717, 1.165) is 4.88 Å². The van der Waals surface area contributed by atoms with Crippen LogP contribution >= 0.6 is 11.3 Å². The number of hydrogen-bond donors (Lipinski definition) is 1. The van der Waals surface area contributed by atoms with Gasteiger partial charge in [0.1, 0.15) is 0 Å². The van der Waals surface area contributed by atoms with E-state index in [4.69, 9.17) is 4.74 Å². The third kappa shape index (κ3) is 3.56. The van der Waals surface area contributed by atoms with Gasteiger partial charge in [-0.3, -0.25) is 9.20 Å². The molecule has 0 aliphatic rings. The summed E-state index contributed by atoms with van der Waals surface area (Å²) in [5.74, 6) is -0.184. The number of rotatable bonds is 5. The average Bonchev–Trinajstić information content (AvgIpc) is 3.19. The lowest BCUT2D eigenvalue weighted by molar-refractivity contribution is -0.124. The van der Waals surface area contributed by atoms with Gasteiger partial charge in [-0.1, -0.05) is 38.0 Å². The summed E-state index contributed by atoms with van der Waals surface area (Å²) in [5, 5.41) is 13.0. The summed E-state index contributed by atoms with van der Waals surface area (Å²) in [5.41, 5.74) is 0.585. The molecule has 0 aromatic carbocycles. The van der Waals surface area contributed by atoms with E-state index in [-0.39, 0.29) is 24.0 Å². The first-order valence-corrected chi connectivity index (χ1v) is 8.58. The van der Waals surface area contributed by atoms with Gasteiger partial charge in [-0.2, -0.15) is 0 Å². The van der Waals surface area contributed by atoms with Crippen LogP contribution in [0.5, 0.6) is 6.01 Å². The van der Waals surface area contributed by atoms with Crippen molar-refractivity contribution in [2.45, 2.75) is 26.8 Å². The van der Waals surface area contributed by atoms with Gasteiger partial charge in [-0.15, -0.1) is 16.4 Å². The molecule has 1 N–H and O–H groups in total. The second kappa shape index (κ2) is 6.60. The van der Waals surface area contributed by atoms with Crippen LogP contribution in [-0.4, -0.2) is 27.1 Å². The van der Waals surface area contributed by atoms with Crippen LogP contribution in [0.1, 0.15) is 31.7 Å². The van der Waals surface area contributed by atoms with Crippen LogP contribution in [0.3, 0.4) is 0 Å². The Bertz CT molecular complexity index is 821. The highest BCUT2D eigenvalue weighted by molar-refractivity contribution is 7.10. The zero-order valence-electron chi connectivity index (χ0n) is 13.9. The van der Waals surface area contributed by atoms with E-state index in [0.29, 0.717) is 11.7 Å². The van der Waals surface area contributed by atoms with E-state index in [2.05, 4.69) is 36.3 Å². The first-order valence-electron chi connectivity index (χ1n) is 7.70. The highest BCUT2D eigenvalue weighted by Gasteiger charge is 2.28. The van der Waals surface area contributed by atoms with Crippen molar-refractivity contribution in [3.63, 3.8) is 0 Å². The molecule has 24 heavy (non-hydrogen) atoms. The van der Waals surface area contributed by atoms with Gasteiger partial charge >= 0.3 is 6.01 Å². The average molecular weight is 344 g/mol. The molecule has 3 aromatic heterocycles. The zero-order chi connectivity index (χ0) is 17.2. The molecule has 0 radical (unpaired) electrons. The Balaban J connectivity index is 1.66. The van der Waals surface area contributed by atoms with E-state index < -0.39 is 0 Å². The molecule has 0 saturated carbocycles. The van der Waals surface area contributed by atoms with Gasteiger partial charge in [0.05, 0.1) is 6.04 Å². The van der Waals surface area contributed by atoms with Crippen LogP contribution in [0.2, 0.25) is 0 Å². The number of amides is 1. The fraction of sp³-hybridized carbons (Fsp3) is 0.353. The van der Waals surface area contributed by atoms with E-state index in [9.17, 15) is 4.79 Å². The third-order valence-corrected chi connectivity index (χ3v) is 4.55. The molecule has 0 aliphatic carbocycles. The van der Waals surface area contributed by atoms with Gasteiger partial charge < -0.3 is 10.1 Å². The Labute approximate surface area is 144 Å². The van der Waals surface area contributed by atoms with Crippen molar-refractivity contribution in [2.75, 3.05) is 6.61 Å². The maximum absolute atomic E-state index is 12.3. The number of nitrogens with zero attached hydrogens (tertiary/aromatic N) is 3. The SMILES string of the molecule is CC(C)(C)[C@H](NC(=O)COc1nnc2ccccn12)c1cccs1. The number of thiophene rings is 1. The van der Waals surface area contributed by atoms with E-state index in [1.807, 2.05) is 35.7 Å². The monoisotopic (exact) mass is 344 g/mol. The van der Waals surface area contributed by atoms with Gasteiger partial charge in [0.15, 0.2) is 12.3 Å². The summed E-state index contributed by atoms with van der Waals surface area (Å²) in [6, 6.07) is 9.82. The van der Waals surface area contributed by atoms with Crippen molar-refractivity contribution in [3.05, 3.63) is 46.8 Å². The van der Waals surface area contributed by atoms with E-state index in [1.165, 1.54) is 0 Å².